The molecule has 0 saturated carbocycles. The molecule has 4 heteroatoms. The van der Waals surface area contributed by atoms with E-state index >= 15 is 0 Å². The highest BCUT2D eigenvalue weighted by Gasteiger charge is 2.16. The van der Waals surface area contributed by atoms with Crippen LogP contribution in [0.5, 0.6) is 0 Å². The van der Waals surface area contributed by atoms with Gasteiger partial charge in [-0.2, -0.15) is 0 Å². The standard InChI is InChI=1S/C16H27BrN2O/c1-5-9-18-11-14-7-8-15(17)10-16(14)19(6-2)13(3)12-20-4/h7-8,10,13,18H,5-6,9,11-12H2,1-4H3. The number of anilines is 1. The van der Waals surface area contributed by atoms with E-state index in [1.54, 1.807) is 7.11 Å². The Morgan fingerprint density at radius 1 is 1.35 bits per heavy atom. The summed E-state index contributed by atoms with van der Waals surface area (Å²) in [5, 5.41) is 3.49. The zero-order chi connectivity index (χ0) is 15.0. The zero-order valence-electron chi connectivity index (χ0n) is 13.1. The molecule has 0 aliphatic heterocycles. The van der Waals surface area contributed by atoms with Crippen molar-refractivity contribution in [3.8, 4) is 0 Å². The molecule has 0 bridgehead atoms. The van der Waals surface area contributed by atoms with Crippen LogP contribution >= 0.6 is 15.9 Å². The van der Waals surface area contributed by atoms with Crippen LogP contribution in [0.15, 0.2) is 22.7 Å². The molecule has 0 fully saturated rings. The Hall–Kier alpha value is -0.580. The molecule has 1 N–H and O–H groups in total. The predicted molar refractivity (Wildman–Crippen MR) is 90.5 cm³/mol. The second-order valence-electron chi connectivity index (χ2n) is 5.04. The number of nitrogens with zero attached hydrogens (tertiary/aromatic N) is 1. The largest absolute Gasteiger partial charge is 0.383 e. The molecular formula is C16H27BrN2O. The maximum absolute atomic E-state index is 5.31. The summed E-state index contributed by atoms with van der Waals surface area (Å²) in [5.41, 5.74) is 2.63. The van der Waals surface area contributed by atoms with Gasteiger partial charge in [0.15, 0.2) is 0 Å². The molecule has 0 spiro atoms. The quantitative estimate of drug-likeness (QED) is 0.690. The minimum absolute atomic E-state index is 0.365. The van der Waals surface area contributed by atoms with Gasteiger partial charge in [-0.15, -0.1) is 0 Å². The number of rotatable bonds is 9. The average molecular weight is 343 g/mol. The van der Waals surface area contributed by atoms with E-state index in [1.165, 1.54) is 11.3 Å². The van der Waals surface area contributed by atoms with Crippen molar-refractivity contribution in [2.75, 3.05) is 31.7 Å². The molecule has 1 unspecified atom stereocenters. The molecule has 114 valence electrons. The van der Waals surface area contributed by atoms with Gasteiger partial charge in [0.05, 0.1) is 6.61 Å². The van der Waals surface area contributed by atoms with Crippen LogP contribution in [0.1, 0.15) is 32.8 Å². The number of ether oxygens (including phenoxy) is 1. The van der Waals surface area contributed by atoms with Crippen molar-refractivity contribution in [3.05, 3.63) is 28.2 Å². The van der Waals surface area contributed by atoms with Gasteiger partial charge in [-0.3, -0.25) is 0 Å². The number of methoxy groups -OCH3 is 1. The van der Waals surface area contributed by atoms with Crippen LogP contribution < -0.4 is 10.2 Å². The van der Waals surface area contributed by atoms with Crippen LogP contribution in [0.3, 0.4) is 0 Å². The lowest BCUT2D eigenvalue weighted by Gasteiger charge is -2.32. The van der Waals surface area contributed by atoms with E-state index in [0.717, 1.165) is 37.1 Å². The molecule has 20 heavy (non-hydrogen) atoms. The molecule has 0 radical (unpaired) electrons. The predicted octanol–water partition coefficient (Wildman–Crippen LogP) is 3.81. The van der Waals surface area contributed by atoms with Crippen LogP contribution in [-0.4, -0.2) is 32.8 Å². The van der Waals surface area contributed by atoms with Crippen LogP contribution in [-0.2, 0) is 11.3 Å². The van der Waals surface area contributed by atoms with E-state index in [4.69, 9.17) is 4.74 Å². The van der Waals surface area contributed by atoms with Crippen LogP contribution in [0.25, 0.3) is 0 Å². The van der Waals surface area contributed by atoms with E-state index in [0.29, 0.717) is 6.04 Å². The molecule has 0 saturated heterocycles. The molecule has 0 aliphatic carbocycles. The summed E-state index contributed by atoms with van der Waals surface area (Å²) < 4.78 is 6.43. The maximum Gasteiger partial charge on any atom is 0.0663 e. The minimum Gasteiger partial charge on any atom is -0.383 e. The highest BCUT2D eigenvalue weighted by molar-refractivity contribution is 9.10. The molecule has 0 heterocycles. The van der Waals surface area contributed by atoms with Crippen molar-refractivity contribution in [2.24, 2.45) is 0 Å². The normalized spacial score (nSPS) is 12.4. The van der Waals surface area contributed by atoms with Gasteiger partial charge in [-0.25, -0.2) is 0 Å². The second-order valence-corrected chi connectivity index (χ2v) is 5.96. The summed E-state index contributed by atoms with van der Waals surface area (Å²) in [4.78, 5) is 2.40. The lowest BCUT2D eigenvalue weighted by Crippen LogP contribution is -2.37. The number of halogens is 1. The Balaban J connectivity index is 2.95. The third kappa shape index (κ3) is 5.08. The smallest absolute Gasteiger partial charge is 0.0663 e. The minimum atomic E-state index is 0.365. The fourth-order valence-corrected chi connectivity index (χ4v) is 2.75. The van der Waals surface area contributed by atoms with Gasteiger partial charge in [0.1, 0.15) is 0 Å². The van der Waals surface area contributed by atoms with Crippen molar-refractivity contribution in [1.82, 2.24) is 5.32 Å². The highest BCUT2D eigenvalue weighted by atomic mass is 79.9. The molecule has 1 rings (SSSR count). The SMILES string of the molecule is CCCNCc1ccc(Br)cc1N(CC)C(C)COC. The molecule has 1 aromatic carbocycles. The first-order valence-electron chi connectivity index (χ1n) is 7.38. The first kappa shape index (κ1) is 17.5. The lowest BCUT2D eigenvalue weighted by atomic mass is 10.1. The van der Waals surface area contributed by atoms with Gasteiger partial charge in [0, 0.05) is 36.4 Å². The average Bonchev–Trinajstić information content (AvgIpc) is 2.42. The monoisotopic (exact) mass is 342 g/mol. The number of hydrogen-bond acceptors (Lipinski definition) is 3. The molecule has 0 aliphatic rings. The van der Waals surface area contributed by atoms with Crippen LogP contribution in [0.2, 0.25) is 0 Å². The Morgan fingerprint density at radius 3 is 2.70 bits per heavy atom. The van der Waals surface area contributed by atoms with Gasteiger partial charge in [0.2, 0.25) is 0 Å². The summed E-state index contributed by atoms with van der Waals surface area (Å²) in [6.45, 7) is 10.3. The van der Waals surface area contributed by atoms with Gasteiger partial charge in [0.25, 0.3) is 0 Å². The van der Waals surface area contributed by atoms with E-state index in [9.17, 15) is 0 Å². The first-order valence-corrected chi connectivity index (χ1v) is 8.18. The fourth-order valence-electron chi connectivity index (χ4n) is 2.40. The number of hydrogen-bond donors (Lipinski definition) is 1. The van der Waals surface area contributed by atoms with E-state index in [1.807, 2.05) is 0 Å². The van der Waals surface area contributed by atoms with Gasteiger partial charge in [-0.1, -0.05) is 28.9 Å². The third-order valence-electron chi connectivity index (χ3n) is 3.38. The molecule has 1 atom stereocenters. The highest BCUT2D eigenvalue weighted by Crippen LogP contribution is 2.27. The van der Waals surface area contributed by atoms with E-state index < -0.39 is 0 Å². The number of likely N-dealkylation sites (N-methyl/N-ethyl adjacent to an activating group) is 1. The zero-order valence-corrected chi connectivity index (χ0v) is 14.7. The van der Waals surface area contributed by atoms with Crippen molar-refractivity contribution < 1.29 is 4.74 Å². The van der Waals surface area contributed by atoms with Crippen molar-refractivity contribution in [1.29, 1.82) is 0 Å². The Morgan fingerprint density at radius 2 is 2.10 bits per heavy atom. The topological polar surface area (TPSA) is 24.5 Å². The van der Waals surface area contributed by atoms with Gasteiger partial charge in [-0.05, 0) is 44.5 Å². The number of nitrogens with one attached hydrogen (secondary N) is 1. The summed E-state index contributed by atoms with van der Waals surface area (Å²) in [5.74, 6) is 0. The van der Waals surface area contributed by atoms with E-state index in [2.05, 4.69) is 65.1 Å². The summed E-state index contributed by atoms with van der Waals surface area (Å²) in [7, 11) is 1.76. The van der Waals surface area contributed by atoms with Gasteiger partial charge < -0.3 is 15.0 Å². The Labute approximate surface area is 131 Å². The van der Waals surface area contributed by atoms with Gasteiger partial charge >= 0.3 is 0 Å². The summed E-state index contributed by atoms with van der Waals surface area (Å²) >= 11 is 3.59. The summed E-state index contributed by atoms with van der Waals surface area (Å²) in [6, 6.07) is 6.88. The maximum atomic E-state index is 5.31. The summed E-state index contributed by atoms with van der Waals surface area (Å²) in [6.07, 6.45) is 1.16. The third-order valence-corrected chi connectivity index (χ3v) is 3.87. The Kier molecular flexibility index (Phi) is 8.19. The van der Waals surface area contributed by atoms with Crippen molar-refractivity contribution in [3.63, 3.8) is 0 Å². The molecule has 1 aromatic rings. The molecule has 0 amide bonds. The van der Waals surface area contributed by atoms with Crippen LogP contribution in [0, 0.1) is 0 Å². The molecular weight excluding hydrogens is 316 g/mol. The first-order chi connectivity index (χ1) is 9.63. The molecule has 3 nitrogen and oxygen atoms in total. The number of benzene rings is 1. The Bertz CT molecular complexity index is 398. The fraction of sp³-hybridized carbons (Fsp3) is 0.625. The van der Waals surface area contributed by atoms with Crippen molar-refractivity contribution >= 4 is 21.6 Å². The van der Waals surface area contributed by atoms with Crippen molar-refractivity contribution in [2.45, 2.75) is 39.8 Å². The van der Waals surface area contributed by atoms with Crippen LogP contribution in [0.4, 0.5) is 5.69 Å². The lowest BCUT2D eigenvalue weighted by molar-refractivity contribution is 0.182. The second kappa shape index (κ2) is 9.37. The van der Waals surface area contributed by atoms with E-state index in [-0.39, 0.29) is 0 Å². The molecule has 0 aromatic heterocycles.